The molecule has 1 aliphatic heterocycles. The highest BCUT2D eigenvalue weighted by atomic mass is 32.1. The molecule has 0 saturated heterocycles. The molecule has 0 unspecified atom stereocenters. The van der Waals surface area contributed by atoms with Gasteiger partial charge in [-0.25, -0.2) is 9.79 Å². The van der Waals surface area contributed by atoms with E-state index in [1.54, 1.807) is 75.6 Å². The Balaban J connectivity index is 1.61. The fourth-order valence-electron chi connectivity index (χ4n) is 5.16. The van der Waals surface area contributed by atoms with E-state index in [0.717, 1.165) is 0 Å². The Labute approximate surface area is 275 Å². The van der Waals surface area contributed by atoms with Crippen LogP contribution >= 0.6 is 11.3 Å². The van der Waals surface area contributed by atoms with Gasteiger partial charge in [-0.15, -0.1) is 0 Å². The first-order valence-electron chi connectivity index (χ1n) is 14.9. The van der Waals surface area contributed by atoms with Crippen molar-refractivity contribution in [2.45, 2.75) is 26.8 Å². The molecule has 4 aromatic rings. The third kappa shape index (κ3) is 7.23. The molecule has 11 nitrogen and oxygen atoms in total. The summed E-state index contributed by atoms with van der Waals surface area (Å²) in [6.45, 7) is 5.66. The highest BCUT2D eigenvalue weighted by molar-refractivity contribution is 7.07. The zero-order chi connectivity index (χ0) is 33.5. The molecule has 2 heterocycles. The molecule has 0 radical (unpaired) electrons. The molecule has 0 aliphatic carbocycles. The van der Waals surface area contributed by atoms with Crippen molar-refractivity contribution in [1.29, 1.82) is 0 Å². The third-order valence-corrected chi connectivity index (χ3v) is 8.23. The summed E-state index contributed by atoms with van der Waals surface area (Å²) in [5.41, 5.74) is 2.30. The van der Waals surface area contributed by atoms with Crippen LogP contribution in [0.3, 0.4) is 0 Å². The maximum atomic E-state index is 14.2. The summed E-state index contributed by atoms with van der Waals surface area (Å²) in [4.78, 5) is 45.1. The Bertz CT molecular complexity index is 2000. The molecule has 1 aromatic heterocycles. The number of anilines is 1. The number of amides is 1. The second-order valence-electron chi connectivity index (χ2n) is 10.2. The van der Waals surface area contributed by atoms with E-state index in [1.807, 2.05) is 25.1 Å². The SMILES string of the molecule is CCOC(=O)COc1ccc(/C=c2\sc3n(c2=O)[C@@H](c2ccc(OC)cc2OC)C(C(=O)Nc2ccccc2)=C(C)N=3)cc1OCC. The van der Waals surface area contributed by atoms with Gasteiger partial charge in [-0.05, 0) is 68.8 Å². The average molecular weight is 658 g/mol. The van der Waals surface area contributed by atoms with Crippen LogP contribution in [-0.2, 0) is 14.3 Å². The van der Waals surface area contributed by atoms with Gasteiger partial charge in [0.2, 0.25) is 0 Å². The quantitative estimate of drug-likeness (QED) is 0.225. The van der Waals surface area contributed by atoms with Crippen molar-refractivity contribution in [3.8, 4) is 23.0 Å². The van der Waals surface area contributed by atoms with E-state index in [2.05, 4.69) is 5.32 Å². The van der Waals surface area contributed by atoms with Gasteiger partial charge in [0, 0.05) is 17.3 Å². The highest BCUT2D eigenvalue weighted by Crippen LogP contribution is 2.37. The van der Waals surface area contributed by atoms with Crippen molar-refractivity contribution in [1.82, 2.24) is 4.57 Å². The Morgan fingerprint density at radius 2 is 1.72 bits per heavy atom. The summed E-state index contributed by atoms with van der Waals surface area (Å²) in [5.74, 6) is 0.909. The predicted molar refractivity (Wildman–Crippen MR) is 178 cm³/mol. The van der Waals surface area contributed by atoms with Crippen LogP contribution in [0.5, 0.6) is 23.0 Å². The number of carbonyl (C=O) groups excluding carboxylic acids is 2. The molecule has 5 rings (SSSR count). The van der Waals surface area contributed by atoms with Crippen molar-refractivity contribution in [3.05, 3.63) is 109 Å². The lowest BCUT2D eigenvalue weighted by Crippen LogP contribution is -2.40. The summed E-state index contributed by atoms with van der Waals surface area (Å²) in [6, 6.07) is 18.7. The van der Waals surface area contributed by atoms with Gasteiger partial charge < -0.3 is 29.0 Å². The lowest BCUT2D eigenvalue weighted by Gasteiger charge is -2.26. The highest BCUT2D eigenvalue weighted by Gasteiger charge is 2.34. The van der Waals surface area contributed by atoms with Crippen LogP contribution in [0.4, 0.5) is 5.69 Å². The van der Waals surface area contributed by atoms with Gasteiger partial charge in [0.05, 0.1) is 43.2 Å². The number of fused-ring (bicyclic) bond motifs is 1. The molecule has 0 saturated carbocycles. The first kappa shape index (κ1) is 33.0. The van der Waals surface area contributed by atoms with Crippen LogP contribution in [0.15, 0.2) is 87.8 Å². The Morgan fingerprint density at radius 3 is 2.43 bits per heavy atom. The molecule has 1 amide bonds. The van der Waals surface area contributed by atoms with Gasteiger partial charge in [0.25, 0.3) is 11.5 Å². The summed E-state index contributed by atoms with van der Waals surface area (Å²) in [5, 5.41) is 2.95. The number of allylic oxidation sites excluding steroid dienone is 1. The van der Waals surface area contributed by atoms with Crippen LogP contribution in [-0.4, -0.2) is 50.5 Å². The number of aromatic nitrogens is 1. The minimum atomic E-state index is -0.851. The molecule has 12 heteroatoms. The molecular formula is C35H35N3O8S. The van der Waals surface area contributed by atoms with E-state index < -0.39 is 17.9 Å². The summed E-state index contributed by atoms with van der Waals surface area (Å²) < 4.78 is 29.4. The van der Waals surface area contributed by atoms with Crippen molar-refractivity contribution in [2.24, 2.45) is 4.99 Å². The normalized spacial score (nSPS) is 14.1. The number of nitrogens with one attached hydrogen (secondary N) is 1. The number of rotatable bonds is 12. The van der Waals surface area contributed by atoms with Crippen LogP contribution in [0, 0.1) is 0 Å². The number of esters is 1. The maximum Gasteiger partial charge on any atom is 0.344 e. The van der Waals surface area contributed by atoms with Crippen molar-refractivity contribution < 1.29 is 33.3 Å². The van der Waals surface area contributed by atoms with Crippen molar-refractivity contribution in [2.75, 3.05) is 39.4 Å². The van der Waals surface area contributed by atoms with E-state index in [9.17, 15) is 14.4 Å². The number of nitrogens with zero attached hydrogens (tertiary/aromatic N) is 2. The smallest absolute Gasteiger partial charge is 0.344 e. The monoisotopic (exact) mass is 657 g/mol. The summed E-state index contributed by atoms with van der Waals surface area (Å²) in [6.07, 6.45) is 1.73. The van der Waals surface area contributed by atoms with E-state index in [0.29, 0.717) is 67.0 Å². The van der Waals surface area contributed by atoms with Gasteiger partial charge in [-0.1, -0.05) is 35.6 Å². The zero-order valence-corrected chi connectivity index (χ0v) is 27.5. The maximum absolute atomic E-state index is 14.2. The van der Waals surface area contributed by atoms with E-state index in [-0.39, 0.29) is 18.8 Å². The average Bonchev–Trinajstić information content (AvgIpc) is 3.37. The second kappa shape index (κ2) is 14.8. The Hall–Kier alpha value is -5.36. The molecule has 1 aliphatic rings. The van der Waals surface area contributed by atoms with Gasteiger partial charge in [0.15, 0.2) is 22.9 Å². The zero-order valence-electron chi connectivity index (χ0n) is 26.7. The number of hydrogen-bond donors (Lipinski definition) is 1. The molecule has 3 aromatic carbocycles. The van der Waals surface area contributed by atoms with E-state index in [1.165, 1.54) is 23.0 Å². The Morgan fingerprint density at radius 1 is 0.936 bits per heavy atom. The van der Waals surface area contributed by atoms with Crippen LogP contribution in [0.25, 0.3) is 6.08 Å². The number of carbonyl (C=O) groups is 2. The number of para-hydroxylation sites is 1. The molecule has 0 fully saturated rings. The molecule has 1 N–H and O–H groups in total. The summed E-state index contributed by atoms with van der Waals surface area (Å²) >= 11 is 1.20. The fourth-order valence-corrected chi connectivity index (χ4v) is 6.21. The van der Waals surface area contributed by atoms with Crippen molar-refractivity contribution >= 4 is 35.0 Å². The van der Waals surface area contributed by atoms with Gasteiger partial charge in [0.1, 0.15) is 17.5 Å². The summed E-state index contributed by atoms with van der Waals surface area (Å²) in [7, 11) is 3.08. The first-order valence-corrected chi connectivity index (χ1v) is 15.8. The third-order valence-electron chi connectivity index (χ3n) is 7.25. The molecule has 0 spiro atoms. The van der Waals surface area contributed by atoms with Gasteiger partial charge in [-0.3, -0.25) is 14.2 Å². The van der Waals surface area contributed by atoms with E-state index >= 15 is 0 Å². The second-order valence-corrected chi connectivity index (χ2v) is 11.3. The van der Waals surface area contributed by atoms with Crippen LogP contribution < -0.4 is 39.2 Å². The lowest BCUT2D eigenvalue weighted by molar-refractivity contribution is -0.145. The van der Waals surface area contributed by atoms with Crippen LogP contribution in [0.2, 0.25) is 0 Å². The molecule has 244 valence electrons. The number of ether oxygens (including phenoxy) is 5. The molecule has 0 bridgehead atoms. The van der Waals surface area contributed by atoms with Gasteiger partial charge >= 0.3 is 5.97 Å². The van der Waals surface area contributed by atoms with Gasteiger partial charge in [-0.2, -0.15) is 0 Å². The standard InChI is InChI=1S/C35H35N3O8S/c1-6-44-28-17-22(13-16-26(28)46-20-30(39)45-7-2)18-29-34(41)38-32(25-15-14-24(42-4)19-27(25)43-5)31(21(3)36-35(38)47-29)33(40)37-23-11-9-8-10-12-23/h8-19,32H,6-7,20H2,1-5H3,(H,37,40)/b29-18-/t32-/m0/s1. The number of benzene rings is 3. The fraction of sp³-hybridized carbons (Fsp3) is 0.257. The molecule has 47 heavy (non-hydrogen) atoms. The molecular weight excluding hydrogens is 622 g/mol. The van der Waals surface area contributed by atoms with Crippen molar-refractivity contribution in [3.63, 3.8) is 0 Å². The largest absolute Gasteiger partial charge is 0.497 e. The lowest BCUT2D eigenvalue weighted by atomic mass is 9.94. The number of methoxy groups -OCH3 is 2. The van der Waals surface area contributed by atoms with E-state index in [4.69, 9.17) is 28.7 Å². The van der Waals surface area contributed by atoms with Crippen LogP contribution in [0.1, 0.15) is 37.9 Å². The minimum absolute atomic E-state index is 0.251. The predicted octanol–water partition coefficient (Wildman–Crippen LogP) is 4.23. The topological polar surface area (TPSA) is 127 Å². The minimum Gasteiger partial charge on any atom is -0.497 e. The first-order chi connectivity index (χ1) is 22.8. The molecule has 1 atom stereocenters. The Kier molecular flexibility index (Phi) is 10.4. The number of hydrogen-bond acceptors (Lipinski definition) is 10. The number of thiazole rings is 1.